The van der Waals surface area contributed by atoms with Crippen LogP contribution in [0.15, 0.2) is 60.9 Å². The molecule has 0 spiro atoms. The summed E-state index contributed by atoms with van der Waals surface area (Å²) in [4.78, 5) is 18.2. The Balaban J connectivity index is 1.67. The molecule has 1 aromatic carbocycles. The summed E-state index contributed by atoms with van der Waals surface area (Å²) in [5.41, 5.74) is 5.52. The summed E-state index contributed by atoms with van der Waals surface area (Å²) in [6, 6.07) is 8.10. The smallest absolute Gasteiger partial charge is 0.123 e. The molecule has 0 saturated heterocycles. The molecule has 146 valence electrons. The first kappa shape index (κ1) is 19.1. The molecule has 0 amide bonds. The normalized spacial score (nSPS) is 12.1. The Bertz CT molecular complexity index is 1090. The molecular weight excluding hydrogens is 387 g/mol. The minimum Gasteiger partial charge on any atom is -0.326 e. The fourth-order valence-corrected chi connectivity index (χ4v) is 3.90. The fourth-order valence-electron chi connectivity index (χ4n) is 3.27. The van der Waals surface area contributed by atoms with E-state index in [0.717, 1.165) is 27.5 Å². The lowest BCUT2D eigenvalue weighted by molar-refractivity contribution is 0.568. The topological polar surface area (TPSA) is 80.3 Å². The van der Waals surface area contributed by atoms with Crippen LogP contribution in [-0.2, 0) is 6.42 Å². The van der Waals surface area contributed by atoms with Crippen molar-refractivity contribution >= 4 is 17.0 Å². The van der Waals surface area contributed by atoms with Crippen molar-refractivity contribution in [1.29, 1.82) is 5.41 Å². The summed E-state index contributed by atoms with van der Waals surface area (Å²) in [5.74, 6) is -0.290. The van der Waals surface area contributed by atoms with Crippen molar-refractivity contribution < 1.29 is 4.39 Å². The molecule has 1 N–H and O–H groups in total. The third kappa shape index (κ3) is 4.27. The van der Waals surface area contributed by atoms with Crippen molar-refractivity contribution in [2.75, 3.05) is 0 Å². The Morgan fingerprint density at radius 2 is 2.00 bits per heavy atom. The standard InChI is InChI=1S/C21H19FN6S/c1-14(8-17(23)9-18-10-25-13-29-18)28-12-27-20(15-2-4-16(22)5-3-15)21(28)19-6-7-24-11-26-19/h2-7,10-14,23H,8-9H2,1H3. The Kier molecular flexibility index (Phi) is 5.53. The number of rotatable bonds is 7. The minimum atomic E-state index is -0.290. The molecule has 0 aliphatic carbocycles. The molecule has 6 nitrogen and oxygen atoms in total. The van der Waals surface area contributed by atoms with Crippen LogP contribution in [0, 0.1) is 11.2 Å². The number of nitrogens with one attached hydrogen (secondary N) is 1. The molecule has 29 heavy (non-hydrogen) atoms. The van der Waals surface area contributed by atoms with Gasteiger partial charge in [-0.25, -0.2) is 19.3 Å². The van der Waals surface area contributed by atoms with Crippen molar-refractivity contribution in [3.05, 3.63) is 71.6 Å². The van der Waals surface area contributed by atoms with Gasteiger partial charge in [0.25, 0.3) is 0 Å². The molecule has 0 aliphatic heterocycles. The molecule has 1 unspecified atom stereocenters. The number of imidazole rings is 1. The molecular formula is C21H19FN6S. The molecule has 0 saturated carbocycles. The summed E-state index contributed by atoms with van der Waals surface area (Å²) >= 11 is 1.56. The van der Waals surface area contributed by atoms with E-state index < -0.39 is 0 Å². The van der Waals surface area contributed by atoms with Crippen molar-refractivity contribution in [1.82, 2.24) is 24.5 Å². The molecule has 3 aromatic heterocycles. The van der Waals surface area contributed by atoms with E-state index in [2.05, 4.69) is 26.9 Å². The van der Waals surface area contributed by atoms with Gasteiger partial charge in [0, 0.05) is 47.4 Å². The van der Waals surface area contributed by atoms with Gasteiger partial charge in [-0.2, -0.15) is 0 Å². The van der Waals surface area contributed by atoms with Crippen molar-refractivity contribution in [2.45, 2.75) is 25.8 Å². The maximum atomic E-state index is 13.4. The highest BCUT2D eigenvalue weighted by atomic mass is 32.1. The number of benzene rings is 1. The number of hydrogen-bond donors (Lipinski definition) is 1. The molecule has 4 rings (SSSR count). The third-order valence-corrected chi connectivity index (χ3v) is 5.40. The number of hydrogen-bond acceptors (Lipinski definition) is 6. The Morgan fingerprint density at radius 3 is 2.69 bits per heavy atom. The second kappa shape index (κ2) is 8.40. The number of aromatic nitrogens is 5. The first-order valence-corrected chi connectivity index (χ1v) is 10.0. The molecule has 3 heterocycles. The van der Waals surface area contributed by atoms with E-state index in [4.69, 9.17) is 5.41 Å². The van der Waals surface area contributed by atoms with Crippen LogP contribution in [-0.4, -0.2) is 30.2 Å². The Labute approximate surface area is 171 Å². The van der Waals surface area contributed by atoms with Gasteiger partial charge >= 0.3 is 0 Å². The highest BCUT2D eigenvalue weighted by molar-refractivity contribution is 7.09. The number of thiazole rings is 1. The third-order valence-electron chi connectivity index (χ3n) is 4.62. The second-order valence-electron chi connectivity index (χ2n) is 6.75. The monoisotopic (exact) mass is 406 g/mol. The van der Waals surface area contributed by atoms with Crippen LogP contribution in [0.1, 0.15) is 24.3 Å². The lowest BCUT2D eigenvalue weighted by Crippen LogP contribution is -2.12. The largest absolute Gasteiger partial charge is 0.326 e. The summed E-state index contributed by atoms with van der Waals surface area (Å²) in [6.45, 7) is 2.06. The maximum absolute atomic E-state index is 13.4. The Morgan fingerprint density at radius 1 is 1.17 bits per heavy atom. The van der Waals surface area contributed by atoms with Gasteiger partial charge in [-0.1, -0.05) is 0 Å². The van der Waals surface area contributed by atoms with E-state index in [1.807, 2.05) is 10.6 Å². The summed E-state index contributed by atoms with van der Waals surface area (Å²) in [6.07, 6.45) is 7.93. The van der Waals surface area contributed by atoms with Gasteiger partial charge in [-0.05, 0) is 37.3 Å². The molecule has 1 atom stereocenters. The zero-order valence-electron chi connectivity index (χ0n) is 15.8. The zero-order valence-corrected chi connectivity index (χ0v) is 16.6. The van der Waals surface area contributed by atoms with Crippen LogP contribution in [0.4, 0.5) is 4.39 Å². The van der Waals surface area contributed by atoms with E-state index in [-0.39, 0.29) is 11.9 Å². The van der Waals surface area contributed by atoms with E-state index >= 15 is 0 Å². The van der Waals surface area contributed by atoms with E-state index in [1.165, 1.54) is 18.5 Å². The molecule has 0 fully saturated rings. The van der Waals surface area contributed by atoms with E-state index in [0.29, 0.717) is 18.6 Å². The summed E-state index contributed by atoms with van der Waals surface area (Å²) in [7, 11) is 0. The van der Waals surface area contributed by atoms with Crippen LogP contribution >= 0.6 is 11.3 Å². The van der Waals surface area contributed by atoms with Gasteiger partial charge < -0.3 is 9.98 Å². The van der Waals surface area contributed by atoms with E-state index in [9.17, 15) is 4.39 Å². The molecule has 0 bridgehead atoms. The van der Waals surface area contributed by atoms with Crippen LogP contribution in [0.25, 0.3) is 22.6 Å². The lowest BCUT2D eigenvalue weighted by Gasteiger charge is -2.17. The van der Waals surface area contributed by atoms with Gasteiger partial charge in [-0.15, -0.1) is 11.3 Å². The maximum Gasteiger partial charge on any atom is 0.123 e. The SMILES string of the molecule is CC(CC(=N)Cc1cncs1)n1cnc(-c2ccc(F)cc2)c1-c1ccncn1. The van der Waals surface area contributed by atoms with Gasteiger partial charge in [0.15, 0.2) is 0 Å². The zero-order chi connectivity index (χ0) is 20.2. The first-order valence-electron chi connectivity index (χ1n) is 9.14. The van der Waals surface area contributed by atoms with Crippen LogP contribution in [0.2, 0.25) is 0 Å². The van der Waals surface area contributed by atoms with Crippen LogP contribution < -0.4 is 0 Å². The lowest BCUT2D eigenvalue weighted by atomic mass is 10.1. The van der Waals surface area contributed by atoms with Gasteiger partial charge in [0.1, 0.15) is 12.1 Å². The predicted molar refractivity (Wildman–Crippen MR) is 112 cm³/mol. The average Bonchev–Trinajstić information content (AvgIpc) is 3.39. The van der Waals surface area contributed by atoms with Gasteiger partial charge in [-0.3, -0.25) is 4.98 Å². The molecule has 0 aliphatic rings. The van der Waals surface area contributed by atoms with Gasteiger partial charge in [0.05, 0.1) is 28.9 Å². The van der Waals surface area contributed by atoms with Crippen molar-refractivity contribution in [2.24, 2.45) is 0 Å². The molecule has 4 aromatic rings. The number of nitrogens with zero attached hydrogens (tertiary/aromatic N) is 5. The van der Waals surface area contributed by atoms with E-state index in [1.54, 1.807) is 47.7 Å². The highest BCUT2D eigenvalue weighted by Gasteiger charge is 2.20. The molecule has 8 heteroatoms. The Hall–Kier alpha value is -3.26. The second-order valence-corrected chi connectivity index (χ2v) is 7.72. The van der Waals surface area contributed by atoms with Crippen LogP contribution in [0.5, 0.6) is 0 Å². The quantitative estimate of drug-likeness (QED) is 0.446. The first-order chi connectivity index (χ1) is 14.1. The molecule has 0 radical (unpaired) electrons. The van der Waals surface area contributed by atoms with Crippen molar-refractivity contribution in [3.63, 3.8) is 0 Å². The summed E-state index contributed by atoms with van der Waals surface area (Å²) < 4.78 is 15.4. The average molecular weight is 406 g/mol. The predicted octanol–water partition coefficient (Wildman–Crippen LogP) is 4.82. The van der Waals surface area contributed by atoms with Crippen molar-refractivity contribution in [3.8, 4) is 22.6 Å². The van der Waals surface area contributed by atoms with Crippen LogP contribution in [0.3, 0.4) is 0 Å². The van der Waals surface area contributed by atoms with Gasteiger partial charge in [0.2, 0.25) is 0 Å². The summed E-state index contributed by atoms with van der Waals surface area (Å²) in [5, 5.41) is 8.39. The fraction of sp³-hybridized carbons (Fsp3) is 0.190. The minimum absolute atomic E-state index is 0.00193. The number of halogens is 1. The highest BCUT2D eigenvalue weighted by Crippen LogP contribution is 2.33.